The molecule has 0 bridgehead atoms. The predicted octanol–water partition coefficient (Wildman–Crippen LogP) is 2.95. The van der Waals surface area contributed by atoms with E-state index in [-0.39, 0.29) is 24.8 Å². The van der Waals surface area contributed by atoms with Crippen molar-refractivity contribution in [1.29, 1.82) is 0 Å². The molecule has 2 aliphatic heterocycles. The van der Waals surface area contributed by atoms with E-state index < -0.39 is 5.60 Å². The van der Waals surface area contributed by atoms with E-state index in [0.29, 0.717) is 38.7 Å². The first-order valence-corrected chi connectivity index (χ1v) is 11.5. The molecule has 1 aromatic carbocycles. The van der Waals surface area contributed by atoms with Crippen LogP contribution in [-0.2, 0) is 16.1 Å². The molecule has 8 nitrogen and oxygen atoms in total. The van der Waals surface area contributed by atoms with Crippen molar-refractivity contribution in [1.82, 2.24) is 14.7 Å². The van der Waals surface area contributed by atoms with Crippen LogP contribution in [0.2, 0.25) is 0 Å². The van der Waals surface area contributed by atoms with Gasteiger partial charge in [0.15, 0.2) is 0 Å². The number of piperidine rings is 1. The smallest absolute Gasteiger partial charge is 0.410 e. The fourth-order valence-corrected chi connectivity index (χ4v) is 4.28. The third-order valence-electron chi connectivity index (χ3n) is 6.00. The number of benzene rings is 1. The number of carbonyl (C=O) groups is 2. The summed E-state index contributed by atoms with van der Waals surface area (Å²) in [5.74, 6) is 0.487. The van der Waals surface area contributed by atoms with Crippen molar-refractivity contribution >= 4 is 12.2 Å². The topological polar surface area (TPSA) is 82.6 Å². The molecule has 178 valence electrons. The van der Waals surface area contributed by atoms with Crippen molar-refractivity contribution in [2.75, 3.05) is 45.9 Å². The molecule has 2 aliphatic rings. The molecular formula is C24H37N3O5. The van der Waals surface area contributed by atoms with Gasteiger partial charge in [0.25, 0.3) is 0 Å². The number of amides is 2. The molecule has 1 aromatic rings. The number of aliphatic hydroxyl groups is 1. The molecule has 1 N–H and O–H groups in total. The zero-order valence-electron chi connectivity index (χ0n) is 19.5. The van der Waals surface area contributed by atoms with Gasteiger partial charge in [-0.15, -0.1) is 0 Å². The highest BCUT2D eigenvalue weighted by Gasteiger charge is 2.34. The Labute approximate surface area is 191 Å². The highest BCUT2D eigenvalue weighted by molar-refractivity contribution is 5.69. The molecule has 2 saturated heterocycles. The highest BCUT2D eigenvalue weighted by atomic mass is 16.6. The Bertz CT molecular complexity index is 744. The number of hydrogen-bond acceptors (Lipinski definition) is 6. The van der Waals surface area contributed by atoms with E-state index in [0.717, 1.165) is 31.5 Å². The monoisotopic (exact) mass is 447 g/mol. The lowest BCUT2D eigenvalue weighted by Crippen LogP contribution is -2.58. The van der Waals surface area contributed by atoms with Crippen LogP contribution in [0.25, 0.3) is 0 Å². The summed E-state index contributed by atoms with van der Waals surface area (Å²) in [6, 6.07) is 9.44. The van der Waals surface area contributed by atoms with Gasteiger partial charge in [0, 0.05) is 39.3 Å². The lowest BCUT2D eigenvalue weighted by atomic mass is 9.96. The van der Waals surface area contributed by atoms with Crippen LogP contribution >= 0.6 is 0 Å². The molecule has 0 unspecified atom stereocenters. The molecule has 0 spiro atoms. The number of piperazine rings is 1. The first-order chi connectivity index (χ1) is 15.2. The lowest BCUT2D eigenvalue weighted by Gasteiger charge is -2.42. The number of hydrogen-bond donors (Lipinski definition) is 1. The van der Waals surface area contributed by atoms with Gasteiger partial charge < -0.3 is 24.4 Å². The van der Waals surface area contributed by atoms with Crippen LogP contribution in [0.1, 0.15) is 39.2 Å². The second-order valence-electron chi connectivity index (χ2n) is 9.74. The van der Waals surface area contributed by atoms with Crippen LogP contribution in [0, 0.1) is 5.92 Å². The fourth-order valence-electron chi connectivity index (χ4n) is 4.28. The minimum atomic E-state index is -0.551. The minimum absolute atomic E-state index is 0.0819. The summed E-state index contributed by atoms with van der Waals surface area (Å²) >= 11 is 0. The Morgan fingerprint density at radius 1 is 1.03 bits per heavy atom. The Morgan fingerprint density at radius 2 is 1.72 bits per heavy atom. The van der Waals surface area contributed by atoms with Crippen molar-refractivity contribution in [3.63, 3.8) is 0 Å². The van der Waals surface area contributed by atoms with Crippen molar-refractivity contribution in [2.45, 2.75) is 51.9 Å². The molecule has 2 fully saturated rings. The van der Waals surface area contributed by atoms with Crippen LogP contribution in [-0.4, -0.2) is 89.5 Å². The van der Waals surface area contributed by atoms with Crippen LogP contribution < -0.4 is 0 Å². The van der Waals surface area contributed by atoms with E-state index >= 15 is 0 Å². The maximum absolute atomic E-state index is 12.4. The van der Waals surface area contributed by atoms with Gasteiger partial charge in [-0.05, 0) is 45.1 Å². The van der Waals surface area contributed by atoms with Gasteiger partial charge in [-0.1, -0.05) is 30.3 Å². The average Bonchev–Trinajstić information content (AvgIpc) is 2.77. The van der Waals surface area contributed by atoms with Crippen LogP contribution in [0.15, 0.2) is 30.3 Å². The fraction of sp³-hybridized carbons (Fsp3) is 0.667. The molecule has 0 saturated carbocycles. The summed E-state index contributed by atoms with van der Waals surface area (Å²) in [7, 11) is 0. The highest BCUT2D eigenvalue weighted by Crippen LogP contribution is 2.22. The maximum Gasteiger partial charge on any atom is 0.410 e. The number of carbonyl (C=O) groups excluding carboxylic acids is 2. The van der Waals surface area contributed by atoms with Gasteiger partial charge in [0.05, 0.1) is 12.6 Å². The van der Waals surface area contributed by atoms with Crippen molar-refractivity contribution < 1.29 is 24.2 Å². The Hall–Kier alpha value is -2.32. The third-order valence-corrected chi connectivity index (χ3v) is 6.00. The zero-order valence-corrected chi connectivity index (χ0v) is 19.5. The van der Waals surface area contributed by atoms with E-state index in [1.807, 2.05) is 51.1 Å². The standard InChI is InChI=1S/C24H37N3O5/c1-24(2,3)32-23(30)27-14-13-25(16-21(27)17-28)15-19-9-11-26(12-10-19)22(29)31-18-20-7-5-4-6-8-20/h4-8,19,21,28H,9-18H2,1-3H3/t21-/m1/s1. The van der Waals surface area contributed by atoms with Gasteiger partial charge in [-0.3, -0.25) is 4.90 Å². The quantitative estimate of drug-likeness (QED) is 0.747. The van der Waals surface area contributed by atoms with Crippen molar-refractivity contribution in [2.24, 2.45) is 5.92 Å². The summed E-state index contributed by atoms with van der Waals surface area (Å²) in [6.45, 7) is 9.99. The summed E-state index contributed by atoms with van der Waals surface area (Å²) in [6.07, 6.45) is 1.24. The first-order valence-electron chi connectivity index (χ1n) is 11.5. The zero-order chi connectivity index (χ0) is 23.1. The second-order valence-corrected chi connectivity index (χ2v) is 9.74. The summed E-state index contributed by atoms with van der Waals surface area (Å²) < 4.78 is 10.9. The minimum Gasteiger partial charge on any atom is -0.445 e. The van der Waals surface area contributed by atoms with Crippen LogP contribution in [0.4, 0.5) is 9.59 Å². The van der Waals surface area contributed by atoms with Gasteiger partial charge in [-0.25, -0.2) is 9.59 Å². The summed E-state index contributed by atoms with van der Waals surface area (Å²) in [4.78, 5) is 30.6. The van der Waals surface area contributed by atoms with Crippen molar-refractivity contribution in [3.05, 3.63) is 35.9 Å². The molecule has 0 aromatic heterocycles. The Kier molecular flexibility index (Phi) is 8.37. The number of aliphatic hydroxyl groups excluding tert-OH is 1. The van der Waals surface area contributed by atoms with Crippen molar-refractivity contribution in [3.8, 4) is 0 Å². The molecule has 8 heteroatoms. The van der Waals surface area contributed by atoms with E-state index in [2.05, 4.69) is 4.90 Å². The van der Waals surface area contributed by atoms with Gasteiger partial charge >= 0.3 is 12.2 Å². The van der Waals surface area contributed by atoms with Gasteiger partial charge in [0.2, 0.25) is 0 Å². The molecule has 2 heterocycles. The molecule has 0 radical (unpaired) electrons. The van der Waals surface area contributed by atoms with Crippen LogP contribution in [0.5, 0.6) is 0 Å². The molecule has 1 atom stereocenters. The summed E-state index contributed by atoms with van der Waals surface area (Å²) in [5.41, 5.74) is 0.435. The molecule has 2 amide bonds. The first kappa shape index (κ1) is 24.3. The van der Waals surface area contributed by atoms with E-state index in [4.69, 9.17) is 9.47 Å². The lowest BCUT2D eigenvalue weighted by molar-refractivity contribution is -0.0148. The number of likely N-dealkylation sites (tertiary alicyclic amines) is 1. The van der Waals surface area contributed by atoms with E-state index in [1.165, 1.54) is 0 Å². The Morgan fingerprint density at radius 3 is 2.34 bits per heavy atom. The maximum atomic E-state index is 12.4. The SMILES string of the molecule is CC(C)(C)OC(=O)N1CCN(CC2CCN(C(=O)OCc3ccccc3)CC2)C[C@@H]1CO. The molecular weight excluding hydrogens is 410 g/mol. The Balaban J connectivity index is 1.40. The summed E-state index contributed by atoms with van der Waals surface area (Å²) in [5, 5.41) is 9.83. The molecule has 32 heavy (non-hydrogen) atoms. The third kappa shape index (κ3) is 7.10. The van der Waals surface area contributed by atoms with Crippen LogP contribution in [0.3, 0.4) is 0 Å². The van der Waals surface area contributed by atoms with E-state index in [1.54, 1.807) is 9.80 Å². The number of rotatable bonds is 5. The predicted molar refractivity (Wildman–Crippen MR) is 121 cm³/mol. The van der Waals surface area contributed by atoms with Gasteiger partial charge in [-0.2, -0.15) is 0 Å². The molecule has 0 aliphatic carbocycles. The molecule has 3 rings (SSSR count). The second kappa shape index (κ2) is 11.0. The number of nitrogens with zero attached hydrogens (tertiary/aromatic N) is 3. The van der Waals surface area contributed by atoms with E-state index in [9.17, 15) is 14.7 Å². The average molecular weight is 448 g/mol. The number of ether oxygens (including phenoxy) is 2. The normalized spacial score (nSPS) is 20.8. The van der Waals surface area contributed by atoms with Gasteiger partial charge in [0.1, 0.15) is 12.2 Å². The largest absolute Gasteiger partial charge is 0.445 e.